The van der Waals surface area contributed by atoms with Crippen molar-refractivity contribution in [3.8, 4) is 0 Å². The molecule has 0 aliphatic carbocycles. The Bertz CT molecular complexity index is 361. The number of aldehydes is 1. The SMILES string of the molecule is Cc1nc(C)c(C2CCCC(C=O)O2)s1. The number of thiazole rings is 1. The molecule has 2 rings (SSSR count). The zero-order valence-electron chi connectivity index (χ0n) is 9.03. The fourth-order valence-corrected chi connectivity index (χ4v) is 2.99. The van der Waals surface area contributed by atoms with Crippen molar-refractivity contribution in [3.63, 3.8) is 0 Å². The molecule has 82 valence electrons. The number of ether oxygens (including phenoxy) is 1. The quantitative estimate of drug-likeness (QED) is 0.726. The molecule has 0 N–H and O–H groups in total. The lowest BCUT2D eigenvalue weighted by Gasteiger charge is -2.26. The van der Waals surface area contributed by atoms with Crippen molar-refractivity contribution in [2.24, 2.45) is 0 Å². The van der Waals surface area contributed by atoms with Crippen LogP contribution in [0.25, 0.3) is 0 Å². The number of aromatic nitrogens is 1. The van der Waals surface area contributed by atoms with Gasteiger partial charge in [-0.1, -0.05) is 0 Å². The summed E-state index contributed by atoms with van der Waals surface area (Å²) in [6.45, 7) is 4.01. The van der Waals surface area contributed by atoms with E-state index in [-0.39, 0.29) is 12.2 Å². The van der Waals surface area contributed by atoms with Crippen molar-refractivity contribution in [2.75, 3.05) is 0 Å². The number of carbonyl (C=O) groups excluding carboxylic acids is 1. The van der Waals surface area contributed by atoms with Gasteiger partial charge in [0, 0.05) is 0 Å². The minimum Gasteiger partial charge on any atom is -0.362 e. The van der Waals surface area contributed by atoms with Gasteiger partial charge in [0.05, 0.1) is 21.7 Å². The maximum Gasteiger partial charge on any atom is 0.148 e. The first-order chi connectivity index (χ1) is 7.20. The molecule has 1 aliphatic heterocycles. The average Bonchev–Trinajstić information content (AvgIpc) is 2.58. The van der Waals surface area contributed by atoms with E-state index in [1.165, 1.54) is 4.88 Å². The van der Waals surface area contributed by atoms with Crippen LogP contribution in [0.1, 0.15) is 40.9 Å². The first-order valence-electron chi connectivity index (χ1n) is 5.25. The van der Waals surface area contributed by atoms with Crippen molar-refractivity contribution >= 4 is 17.6 Å². The van der Waals surface area contributed by atoms with Crippen molar-refractivity contribution in [1.29, 1.82) is 0 Å². The Labute approximate surface area is 93.5 Å². The van der Waals surface area contributed by atoms with Crippen LogP contribution in [-0.4, -0.2) is 17.4 Å². The average molecular weight is 225 g/mol. The van der Waals surface area contributed by atoms with Crippen LogP contribution < -0.4 is 0 Å². The van der Waals surface area contributed by atoms with E-state index in [1.54, 1.807) is 11.3 Å². The van der Waals surface area contributed by atoms with E-state index in [2.05, 4.69) is 4.98 Å². The van der Waals surface area contributed by atoms with Gasteiger partial charge in [0.15, 0.2) is 0 Å². The zero-order valence-corrected chi connectivity index (χ0v) is 9.84. The zero-order chi connectivity index (χ0) is 10.8. The van der Waals surface area contributed by atoms with Crippen LogP contribution in [0.2, 0.25) is 0 Å². The summed E-state index contributed by atoms with van der Waals surface area (Å²) in [7, 11) is 0. The van der Waals surface area contributed by atoms with Crippen molar-refractivity contribution < 1.29 is 9.53 Å². The van der Waals surface area contributed by atoms with Gasteiger partial charge in [0.1, 0.15) is 12.4 Å². The molecule has 4 heteroatoms. The Morgan fingerprint density at radius 3 is 2.87 bits per heavy atom. The summed E-state index contributed by atoms with van der Waals surface area (Å²) < 4.78 is 5.72. The van der Waals surface area contributed by atoms with Gasteiger partial charge in [-0.05, 0) is 33.1 Å². The van der Waals surface area contributed by atoms with E-state index < -0.39 is 0 Å². The highest BCUT2D eigenvalue weighted by Gasteiger charge is 2.26. The minimum atomic E-state index is -0.217. The molecule has 1 saturated heterocycles. The molecule has 0 spiro atoms. The smallest absolute Gasteiger partial charge is 0.148 e. The molecule has 15 heavy (non-hydrogen) atoms. The first-order valence-corrected chi connectivity index (χ1v) is 6.07. The van der Waals surface area contributed by atoms with E-state index >= 15 is 0 Å². The molecule has 0 saturated carbocycles. The predicted molar refractivity (Wildman–Crippen MR) is 59.1 cm³/mol. The van der Waals surface area contributed by atoms with Crippen molar-refractivity contribution in [2.45, 2.75) is 45.3 Å². The molecule has 1 fully saturated rings. The van der Waals surface area contributed by atoms with Gasteiger partial charge in [-0.3, -0.25) is 0 Å². The number of aryl methyl sites for hydroxylation is 2. The van der Waals surface area contributed by atoms with Gasteiger partial charge in [0.25, 0.3) is 0 Å². The van der Waals surface area contributed by atoms with Crippen LogP contribution in [-0.2, 0) is 9.53 Å². The Morgan fingerprint density at radius 2 is 2.27 bits per heavy atom. The summed E-state index contributed by atoms with van der Waals surface area (Å²) in [5.74, 6) is 0. The van der Waals surface area contributed by atoms with Gasteiger partial charge in [0.2, 0.25) is 0 Å². The molecule has 1 aromatic heterocycles. The van der Waals surface area contributed by atoms with E-state index in [0.29, 0.717) is 0 Å². The van der Waals surface area contributed by atoms with E-state index in [1.807, 2.05) is 13.8 Å². The fraction of sp³-hybridized carbons (Fsp3) is 0.636. The lowest BCUT2D eigenvalue weighted by atomic mass is 10.0. The second kappa shape index (κ2) is 4.41. The summed E-state index contributed by atoms with van der Waals surface area (Å²) in [5.41, 5.74) is 1.05. The summed E-state index contributed by atoms with van der Waals surface area (Å²) in [5, 5.41) is 1.07. The molecule has 1 aromatic rings. The molecular formula is C11H15NO2S. The standard InChI is InChI=1S/C11H15NO2S/c1-7-11(15-8(2)12-7)10-5-3-4-9(6-13)14-10/h6,9-10H,3-5H2,1-2H3. The molecule has 2 atom stereocenters. The Hall–Kier alpha value is -0.740. The van der Waals surface area contributed by atoms with Gasteiger partial charge in [-0.25, -0.2) is 4.98 Å². The lowest BCUT2D eigenvalue weighted by Crippen LogP contribution is -2.23. The van der Waals surface area contributed by atoms with Gasteiger partial charge >= 0.3 is 0 Å². The van der Waals surface area contributed by atoms with Crippen LogP contribution in [0.15, 0.2) is 0 Å². The van der Waals surface area contributed by atoms with Gasteiger partial charge < -0.3 is 9.53 Å². The molecule has 0 bridgehead atoms. The maximum absolute atomic E-state index is 10.7. The topological polar surface area (TPSA) is 39.2 Å². The number of carbonyl (C=O) groups is 1. The maximum atomic E-state index is 10.7. The van der Waals surface area contributed by atoms with Crippen molar-refractivity contribution in [1.82, 2.24) is 4.98 Å². The highest BCUT2D eigenvalue weighted by molar-refractivity contribution is 7.11. The second-order valence-electron chi connectivity index (χ2n) is 3.91. The highest BCUT2D eigenvalue weighted by Crippen LogP contribution is 2.35. The first kappa shape index (κ1) is 10.8. The molecule has 3 nitrogen and oxygen atoms in total. The third kappa shape index (κ3) is 2.26. The van der Waals surface area contributed by atoms with E-state index in [0.717, 1.165) is 36.3 Å². The summed E-state index contributed by atoms with van der Waals surface area (Å²) in [6.07, 6.45) is 3.70. The third-order valence-corrected chi connectivity index (χ3v) is 3.84. The number of rotatable bonds is 2. The molecule has 1 aliphatic rings. The van der Waals surface area contributed by atoms with Crippen molar-refractivity contribution in [3.05, 3.63) is 15.6 Å². The van der Waals surface area contributed by atoms with E-state index in [4.69, 9.17) is 4.74 Å². The van der Waals surface area contributed by atoms with Crippen LogP contribution in [0, 0.1) is 13.8 Å². The van der Waals surface area contributed by atoms with Crippen LogP contribution >= 0.6 is 11.3 Å². The van der Waals surface area contributed by atoms with Crippen LogP contribution in [0.4, 0.5) is 0 Å². The van der Waals surface area contributed by atoms with Gasteiger partial charge in [-0.2, -0.15) is 0 Å². The molecule has 0 radical (unpaired) electrons. The summed E-state index contributed by atoms with van der Waals surface area (Å²) >= 11 is 1.68. The highest BCUT2D eigenvalue weighted by atomic mass is 32.1. The minimum absolute atomic E-state index is 0.0835. The van der Waals surface area contributed by atoms with Crippen LogP contribution in [0.3, 0.4) is 0 Å². The lowest BCUT2D eigenvalue weighted by molar-refractivity contribution is -0.126. The molecule has 2 heterocycles. The van der Waals surface area contributed by atoms with Gasteiger partial charge in [-0.15, -0.1) is 11.3 Å². The normalized spacial score (nSPS) is 26.5. The third-order valence-electron chi connectivity index (χ3n) is 2.68. The van der Waals surface area contributed by atoms with E-state index in [9.17, 15) is 4.79 Å². The Kier molecular flexibility index (Phi) is 3.17. The summed E-state index contributed by atoms with van der Waals surface area (Å²) in [6, 6.07) is 0. The molecule has 2 unspecified atom stereocenters. The predicted octanol–water partition coefficient (Wildman–Crippen LogP) is 2.57. The fourth-order valence-electron chi connectivity index (χ4n) is 1.99. The number of hydrogen-bond donors (Lipinski definition) is 0. The summed E-state index contributed by atoms with van der Waals surface area (Å²) in [4.78, 5) is 16.3. The molecule has 0 amide bonds. The molecule has 0 aromatic carbocycles. The largest absolute Gasteiger partial charge is 0.362 e. The monoisotopic (exact) mass is 225 g/mol. The Balaban J connectivity index is 2.16. The second-order valence-corrected chi connectivity index (χ2v) is 5.15. The number of hydrogen-bond acceptors (Lipinski definition) is 4. The Morgan fingerprint density at radius 1 is 1.47 bits per heavy atom. The van der Waals surface area contributed by atoms with Crippen LogP contribution in [0.5, 0.6) is 0 Å². The molecular weight excluding hydrogens is 210 g/mol. The number of nitrogens with zero attached hydrogens (tertiary/aromatic N) is 1.